The van der Waals surface area contributed by atoms with Crippen LogP contribution in [0.1, 0.15) is 5.56 Å². The number of sulfonamides is 1. The maximum absolute atomic E-state index is 14.2. The third-order valence-corrected chi connectivity index (χ3v) is 6.58. The zero-order chi connectivity index (χ0) is 22.4. The quantitative estimate of drug-likeness (QED) is 0.508. The van der Waals surface area contributed by atoms with E-state index in [9.17, 15) is 30.4 Å². The fourth-order valence-corrected chi connectivity index (χ4v) is 4.79. The highest BCUT2D eigenvalue weighted by molar-refractivity contribution is 7.92. The monoisotopic (exact) mass is 455 g/mol. The summed E-state index contributed by atoms with van der Waals surface area (Å²) in [6, 6.07) is 10.7. The van der Waals surface area contributed by atoms with Crippen molar-refractivity contribution in [3.8, 4) is 16.9 Å². The van der Waals surface area contributed by atoms with E-state index in [1.165, 1.54) is 24.3 Å². The van der Waals surface area contributed by atoms with Gasteiger partial charge in [0, 0.05) is 11.6 Å². The van der Waals surface area contributed by atoms with Gasteiger partial charge in [0.15, 0.2) is 0 Å². The van der Waals surface area contributed by atoms with Crippen molar-refractivity contribution >= 4 is 15.7 Å². The van der Waals surface area contributed by atoms with Gasteiger partial charge >= 0.3 is 6.18 Å². The highest BCUT2D eigenvalue weighted by Crippen LogP contribution is 2.39. The molecule has 1 aliphatic heterocycles. The summed E-state index contributed by atoms with van der Waals surface area (Å²) in [4.78, 5) is -0.534. The maximum Gasteiger partial charge on any atom is 0.416 e. The van der Waals surface area contributed by atoms with Crippen molar-refractivity contribution in [1.29, 1.82) is 0 Å². The minimum Gasteiger partial charge on any atom is -0.489 e. The largest absolute Gasteiger partial charge is 0.489 e. The van der Waals surface area contributed by atoms with E-state index in [0.29, 0.717) is 12.1 Å². The van der Waals surface area contributed by atoms with Gasteiger partial charge in [0.1, 0.15) is 24.0 Å². The predicted octanol–water partition coefficient (Wildman–Crippen LogP) is 5.24. The summed E-state index contributed by atoms with van der Waals surface area (Å²) < 4.78 is 99.3. The second-order valence-electron chi connectivity index (χ2n) is 6.76. The van der Waals surface area contributed by atoms with E-state index in [0.717, 1.165) is 28.6 Å². The SMILES string of the molecule is O=S(=O)(c1cccc(C(F)(F)F)c1)N1CCOc2ccc(-c3ccc(F)cc3F)cc21. The predicted molar refractivity (Wildman–Crippen MR) is 103 cm³/mol. The van der Waals surface area contributed by atoms with Gasteiger partial charge in [-0.1, -0.05) is 12.1 Å². The molecular weight excluding hydrogens is 441 g/mol. The molecule has 4 rings (SSSR count). The molecule has 0 spiro atoms. The summed E-state index contributed by atoms with van der Waals surface area (Å²) in [6.07, 6.45) is -4.71. The molecule has 0 bridgehead atoms. The molecule has 0 aliphatic carbocycles. The molecule has 1 heterocycles. The van der Waals surface area contributed by atoms with E-state index < -0.39 is 38.3 Å². The second kappa shape index (κ2) is 7.52. The van der Waals surface area contributed by atoms with Crippen molar-refractivity contribution in [3.05, 3.63) is 77.9 Å². The van der Waals surface area contributed by atoms with Gasteiger partial charge < -0.3 is 4.74 Å². The molecule has 0 N–H and O–H groups in total. The number of nitrogens with zero attached hydrogens (tertiary/aromatic N) is 1. The number of benzene rings is 3. The first-order valence-corrected chi connectivity index (χ1v) is 10.4. The van der Waals surface area contributed by atoms with Crippen molar-refractivity contribution in [2.24, 2.45) is 0 Å². The molecule has 1 aliphatic rings. The fraction of sp³-hybridized carbons (Fsp3) is 0.143. The molecule has 162 valence electrons. The maximum atomic E-state index is 14.2. The molecule has 3 aromatic rings. The van der Waals surface area contributed by atoms with Gasteiger partial charge in [-0.2, -0.15) is 13.2 Å². The minimum absolute atomic E-state index is 0.0184. The van der Waals surface area contributed by atoms with Crippen LogP contribution in [0.4, 0.5) is 27.6 Å². The van der Waals surface area contributed by atoms with Gasteiger partial charge in [-0.05, 0) is 48.0 Å². The molecule has 31 heavy (non-hydrogen) atoms. The van der Waals surface area contributed by atoms with Crippen LogP contribution in [-0.2, 0) is 16.2 Å². The first kappa shape index (κ1) is 21.1. The van der Waals surface area contributed by atoms with Gasteiger partial charge in [-0.15, -0.1) is 0 Å². The number of anilines is 1. The topological polar surface area (TPSA) is 46.6 Å². The Labute approximate surface area is 174 Å². The van der Waals surface area contributed by atoms with Crippen LogP contribution in [0.25, 0.3) is 11.1 Å². The van der Waals surface area contributed by atoms with Crippen LogP contribution >= 0.6 is 0 Å². The summed E-state index contributed by atoms with van der Waals surface area (Å²) in [5, 5.41) is 0. The Morgan fingerprint density at radius 2 is 1.71 bits per heavy atom. The number of rotatable bonds is 3. The van der Waals surface area contributed by atoms with E-state index in [1.54, 1.807) is 0 Å². The highest BCUT2D eigenvalue weighted by Gasteiger charge is 2.35. The number of hydrogen-bond acceptors (Lipinski definition) is 3. The summed E-state index contributed by atoms with van der Waals surface area (Å²) >= 11 is 0. The van der Waals surface area contributed by atoms with Crippen LogP contribution in [0.3, 0.4) is 0 Å². The average Bonchev–Trinajstić information content (AvgIpc) is 2.72. The Hall–Kier alpha value is -3.14. The molecule has 0 unspecified atom stereocenters. The van der Waals surface area contributed by atoms with Gasteiger partial charge in [-0.25, -0.2) is 17.2 Å². The number of ether oxygens (including phenoxy) is 1. The number of halogens is 5. The fourth-order valence-electron chi connectivity index (χ4n) is 3.29. The van der Waals surface area contributed by atoms with E-state index in [1.807, 2.05) is 0 Å². The Balaban J connectivity index is 1.80. The molecule has 0 aromatic heterocycles. The summed E-state index contributed by atoms with van der Waals surface area (Å²) in [7, 11) is -4.37. The molecule has 0 radical (unpaired) electrons. The van der Waals surface area contributed by atoms with Crippen molar-refractivity contribution in [1.82, 2.24) is 0 Å². The third-order valence-electron chi connectivity index (χ3n) is 4.77. The lowest BCUT2D eigenvalue weighted by Crippen LogP contribution is -2.38. The van der Waals surface area contributed by atoms with E-state index in [2.05, 4.69) is 0 Å². The number of hydrogen-bond donors (Lipinski definition) is 0. The van der Waals surface area contributed by atoms with Crippen LogP contribution < -0.4 is 9.04 Å². The zero-order valence-corrected chi connectivity index (χ0v) is 16.5. The number of alkyl halides is 3. The number of fused-ring (bicyclic) bond motifs is 1. The van der Waals surface area contributed by atoms with Crippen molar-refractivity contribution in [3.63, 3.8) is 0 Å². The molecule has 3 aromatic carbocycles. The van der Waals surface area contributed by atoms with Crippen LogP contribution in [0, 0.1) is 11.6 Å². The van der Waals surface area contributed by atoms with Crippen LogP contribution in [-0.4, -0.2) is 21.6 Å². The van der Waals surface area contributed by atoms with Gasteiger partial charge in [0.2, 0.25) is 0 Å². The highest BCUT2D eigenvalue weighted by atomic mass is 32.2. The van der Waals surface area contributed by atoms with Gasteiger partial charge in [0.25, 0.3) is 10.0 Å². The molecular formula is C21H14F5NO3S. The van der Waals surface area contributed by atoms with E-state index in [-0.39, 0.29) is 35.7 Å². The van der Waals surface area contributed by atoms with Crippen LogP contribution in [0.5, 0.6) is 5.75 Å². The van der Waals surface area contributed by atoms with Crippen LogP contribution in [0.15, 0.2) is 65.6 Å². The lowest BCUT2D eigenvalue weighted by atomic mass is 10.0. The first-order chi connectivity index (χ1) is 14.6. The zero-order valence-electron chi connectivity index (χ0n) is 15.7. The molecule has 0 saturated carbocycles. The smallest absolute Gasteiger partial charge is 0.416 e. The Morgan fingerprint density at radius 1 is 0.935 bits per heavy atom. The minimum atomic E-state index is -4.71. The molecule has 4 nitrogen and oxygen atoms in total. The van der Waals surface area contributed by atoms with E-state index in [4.69, 9.17) is 4.74 Å². The second-order valence-corrected chi connectivity index (χ2v) is 8.62. The van der Waals surface area contributed by atoms with E-state index >= 15 is 0 Å². The first-order valence-electron chi connectivity index (χ1n) is 9.00. The molecule has 0 atom stereocenters. The molecule has 0 amide bonds. The summed E-state index contributed by atoms with van der Waals surface area (Å²) in [5.41, 5.74) is -0.758. The Kier molecular flexibility index (Phi) is 5.12. The molecule has 0 saturated heterocycles. The lowest BCUT2D eigenvalue weighted by Gasteiger charge is -2.31. The average molecular weight is 455 g/mol. The van der Waals surface area contributed by atoms with Crippen molar-refractivity contribution in [2.75, 3.05) is 17.5 Å². The summed E-state index contributed by atoms with van der Waals surface area (Å²) in [6.45, 7) is -0.170. The standard InChI is InChI=1S/C21H14F5NO3S/c22-15-5-6-17(18(23)12-15)13-4-7-20-19(10-13)27(8-9-30-20)31(28,29)16-3-1-2-14(11-16)21(24,25)26/h1-7,10-12H,8-9H2. The Morgan fingerprint density at radius 3 is 2.42 bits per heavy atom. The molecule has 0 fully saturated rings. The van der Waals surface area contributed by atoms with Gasteiger partial charge in [-0.3, -0.25) is 4.31 Å². The third kappa shape index (κ3) is 3.95. The summed E-state index contributed by atoms with van der Waals surface area (Å²) in [5.74, 6) is -1.44. The lowest BCUT2D eigenvalue weighted by molar-refractivity contribution is -0.137. The molecule has 10 heteroatoms. The van der Waals surface area contributed by atoms with Crippen molar-refractivity contribution < 1.29 is 35.1 Å². The Bertz CT molecular complexity index is 1260. The van der Waals surface area contributed by atoms with Gasteiger partial charge in [0.05, 0.1) is 22.7 Å². The van der Waals surface area contributed by atoms with Crippen molar-refractivity contribution in [2.45, 2.75) is 11.1 Å². The normalized spacial score (nSPS) is 14.2. The van der Waals surface area contributed by atoms with Crippen LogP contribution in [0.2, 0.25) is 0 Å².